The molecule has 0 aliphatic carbocycles. The molecule has 0 saturated heterocycles. The Morgan fingerprint density at radius 2 is 1.70 bits per heavy atom. The van der Waals surface area contributed by atoms with Crippen molar-refractivity contribution in [1.29, 1.82) is 0 Å². The molecule has 1 unspecified atom stereocenters. The molecule has 1 atom stereocenters. The Morgan fingerprint density at radius 1 is 1.00 bits per heavy atom. The summed E-state index contributed by atoms with van der Waals surface area (Å²) in [6, 6.07) is 19.2. The molecule has 0 heteroatoms. The van der Waals surface area contributed by atoms with Gasteiger partial charge in [-0.05, 0) is 40.7 Å². The van der Waals surface area contributed by atoms with E-state index in [1.165, 1.54) is 22.3 Å². The van der Waals surface area contributed by atoms with E-state index in [2.05, 4.69) is 81.6 Å². The molecule has 0 saturated carbocycles. The smallest absolute Gasteiger partial charge is 0.000430 e. The maximum atomic E-state index is 4.10. The highest BCUT2D eigenvalue weighted by Gasteiger charge is 2.05. The van der Waals surface area contributed by atoms with Crippen molar-refractivity contribution in [2.75, 3.05) is 0 Å². The highest BCUT2D eigenvalue weighted by Crippen LogP contribution is 2.26. The first-order chi connectivity index (χ1) is 11.1. The van der Waals surface area contributed by atoms with Crippen LogP contribution in [0.5, 0.6) is 0 Å². The second-order valence-corrected chi connectivity index (χ2v) is 5.75. The van der Waals surface area contributed by atoms with Crippen LogP contribution in [0.25, 0.3) is 11.1 Å². The third-order valence-corrected chi connectivity index (χ3v) is 3.96. The molecule has 116 valence electrons. The van der Waals surface area contributed by atoms with Gasteiger partial charge < -0.3 is 0 Å². The molecule has 2 aromatic carbocycles. The van der Waals surface area contributed by atoms with Crippen LogP contribution in [-0.2, 0) is 0 Å². The van der Waals surface area contributed by atoms with Gasteiger partial charge in [0.25, 0.3) is 0 Å². The van der Waals surface area contributed by atoms with E-state index in [-0.39, 0.29) is 0 Å². The van der Waals surface area contributed by atoms with Crippen molar-refractivity contribution in [3.8, 4) is 11.1 Å². The van der Waals surface area contributed by atoms with Gasteiger partial charge in [-0.1, -0.05) is 99.0 Å². The van der Waals surface area contributed by atoms with E-state index in [0.29, 0.717) is 5.92 Å². The van der Waals surface area contributed by atoms with Gasteiger partial charge in [0.05, 0.1) is 0 Å². The fourth-order valence-corrected chi connectivity index (χ4v) is 2.53. The Morgan fingerprint density at radius 3 is 2.39 bits per heavy atom. The predicted octanol–water partition coefficient (Wildman–Crippen LogP) is 6.70. The molecule has 0 N–H and O–H groups in total. The Bertz CT molecular complexity index is 730. The number of allylic oxidation sites excluding steroid dienone is 6. The molecule has 2 rings (SSSR count). The number of hydrogen-bond donors (Lipinski definition) is 0. The Labute approximate surface area is 140 Å². The summed E-state index contributed by atoms with van der Waals surface area (Å²) >= 11 is 0. The van der Waals surface area contributed by atoms with Gasteiger partial charge in [-0.2, -0.15) is 0 Å². The third kappa shape index (κ3) is 4.69. The Balaban J connectivity index is 2.23. The maximum absolute atomic E-state index is 4.10. The summed E-state index contributed by atoms with van der Waals surface area (Å²) in [6.07, 6.45) is 7.94. The molecular weight excluding hydrogens is 276 g/mol. The molecule has 0 spiro atoms. The van der Waals surface area contributed by atoms with Crippen LogP contribution in [0, 0.1) is 0 Å². The molecule has 23 heavy (non-hydrogen) atoms. The Hall–Kier alpha value is -2.60. The van der Waals surface area contributed by atoms with Crippen LogP contribution in [0.15, 0.2) is 103 Å². The van der Waals surface area contributed by atoms with E-state index in [1.54, 1.807) is 6.08 Å². The second-order valence-electron chi connectivity index (χ2n) is 5.75. The van der Waals surface area contributed by atoms with Gasteiger partial charge in [0.2, 0.25) is 0 Å². The van der Waals surface area contributed by atoms with Crippen molar-refractivity contribution in [2.45, 2.75) is 19.8 Å². The molecule has 0 aliphatic rings. The first kappa shape index (κ1) is 16.8. The molecule has 0 amide bonds. The molecule has 2 aromatic rings. The summed E-state index contributed by atoms with van der Waals surface area (Å²) in [5.74, 6) is 0.340. The van der Waals surface area contributed by atoms with Crippen molar-refractivity contribution < 1.29 is 0 Å². The first-order valence-electron chi connectivity index (χ1n) is 7.94. The summed E-state index contributed by atoms with van der Waals surface area (Å²) in [4.78, 5) is 0. The minimum absolute atomic E-state index is 0.340. The quantitative estimate of drug-likeness (QED) is 0.520. The van der Waals surface area contributed by atoms with Gasteiger partial charge in [0, 0.05) is 0 Å². The van der Waals surface area contributed by atoms with Gasteiger partial charge >= 0.3 is 0 Å². The van der Waals surface area contributed by atoms with Crippen LogP contribution in [0.2, 0.25) is 0 Å². The first-order valence-corrected chi connectivity index (χ1v) is 7.94. The Kier molecular flexibility index (Phi) is 5.94. The zero-order chi connectivity index (χ0) is 16.7. The molecule has 0 radical (unpaired) electrons. The van der Waals surface area contributed by atoms with E-state index in [4.69, 9.17) is 0 Å². The van der Waals surface area contributed by atoms with Crippen molar-refractivity contribution in [2.24, 2.45) is 0 Å². The van der Waals surface area contributed by atoms with Gasteiger partial charge in [-0.25, -0.2) is 0 Å². The molecule has 0 heterocycles. The largest absolute Gasteiger partial charge is 0.0991 e. The summed E-state index contributed by atoms with van der Waals surface area (Å²) in [5.41, 5.74) is 6.04. The number of benzene rings is 2. The van der Waals surface area contributed by atoms with Crippen molar-refractivity contribution in [3.63, 3.8) is 0 Å². The highest BCUT2D eigenvalue weighted by molar-refractivity contribution is 5.64. The van der Waals surface area contributed by atoms with Crippen LogP contribution in [0.3, 0.4) is 0 Å². The highest BCUT2D eigenvalue weighted by atomic mass is 14.1. The molecule has 0 nitrogen and oxygen atoms in total. The lowest BCUT2D eigenvalue weighted by Crippen LogP contribution is -1.92. The number of hydrogen-bond acceptors (Lipinski definition) is 0. The maximum Gasteiger partial charge on any atom is -0.000430 e. The predicted molar refractivity (Wildman–Crippen MR) is 103 cm³/mol. The monoisotopic (exact) mass is 300 g/mol. The zero-order valence-corrected chi connectivity index (χ0v) is 14.0. The molecule has 0 bridgehead atoms. The lowest BCUT2D eigenvalue weighted by molar-refractivity contribution is 0.956. The van der Waals surface area contributed by atoms with E-state index in [1.807, 2.05) is 18.2 Å². The normalized spacial score (nSPS) is 13.0. The average molecular weight is 300 g/mol. The molecule has 0 aliphatic heterocycles. The van der Waals surface area contributed by atoms with E-state index >= 15 is 0 Å². The average Bonchev–Trinajstić information content (AvgIpc) is 2.60. The van der Waals surface area contributed by atoms with E-state index in [0.717, 1.165) is 5.57 Å². The summed E-state index contributed by atoms with van der Waals surface area (Å²) in [7, 11) is 0. The van der Waals surface area contributed by atoms with Crippen molar-refractivity contribution in [3.05, 3.63) is 109 Å². The van der Waals surface area contributed by atoms with Gasteiger partial charge in [-0.3, -0.25) is 0 Å². The lowest BCUT2D eigenvalue weighted by atomic mass is 9.93. The fourth-order valence-electron chi connectivity index (χ4n) is 2.53. The molecular formula is C23H24. The summed E-state index contributed by atoms with van der Waals surface area (Å²) in [6.45, 7) is 12.1. The zero-order valence-electron chi connectivity index (χ0n) is 14.0. The van der Waals surface area contributed by atoms with Crippen molar-refractivity contribution in [1.82, 2.24) is 0 Å². The van der Waals surface area contributed by atoms with Crippen molar-refractivity contribution >= 4 is 0 Å². The van der Waals surface area contributed by atoms with Crippen LogP contribution < -0.4 is 0 Å². The number of rotatable bonds is 6. The van der Waals surface area contributed by atoms with E-state index in [9.17, 15) is 0 Å². The summed E-state index contributed by atoms with van der Waals surface area (Å²) in [5, 5.41) is 0. The van der Waals surface area contributed by atoms with Crippen LogP contribution in [0.4, 0.5) is 0 Å². The van der Waals surface area contributed by atoms with Gasteiger partial charge in [-0.15, -0.1) is 0 Å². The fraction of sp³-hybridized carbons (Fsp3) is 0.130. The molecule has 0 aromatic heterocycles. The molecule has 0 fully saturated rings. The SMILES string of the molecule is C=C/C=C\C(=C)/C(C)=C/C(C)c1cccc(-c2ccccc2)c1. The van der Waals surface area contributed by atoms with E-state index < -0.39 is 0 Å². The van der Waals surface area contributed by atoms with Gasteiger partial charge in [0.15, 0.2) is 0 Å². The minimum Gasteiger partial charge on any atom is -0.0991 e. The second kappa shape index (κ2) is 8.14. The third-order valence-electron chi connectivity index (χ3n) is 3.96. The van der Waals surface area contributed by atoms with Crippen LogP contribution in [0.1, 0.15) is 25.3 Å². The minimum atomic E-state index is 0.340. The topological polar surface area (TPSA) is 0 Å². The standard InChI is InChI=1S/C23H24/c1-5-6-11-18(2)19(3)16-20(4)22-14-10-15-23(17-22)21-12-8-7-9-13-21/h5-17,20H,1-2H2,3-4H3/b11-6-,19-16+. The summed E-state index contributed by atoms with van der Waals surface area (Å²) < 4.78 is 0. The lowest BCUT2D eigenvalue weighted by Gasteiger charge is -2.11. The van der Waals surface area contributed by atoms with Crippen LogP contribution >= 0.6 is 0 Å². The van der Waals surface area contributed by atoms with Gasteiger partial charge in [0.1, 0.15) is 0 Å². The van der Waals surface area contributed by atoms with Crippen LogP contribution in [-0.4, -0.2) is 0 Å².